The molecule has 1 heterocycles. The molecule has 2 saturated carbocycles. The first-order valence-electron chi connectivity index (χ1n) is 16.5. The number of esters is 1. The molecule has 5 amide bonds. The lowest BCUT2D eigenvalue weighted by Gasteiger charge is -2.36. The topological polar surface area (TPSA) is 177 Å². The molecular weight excluding hydrogens is 578 g/mol. The molecule has 0 aromatic heterocycles. The van der Waals surface area contributed by atoms with Crippen molar-refractivity contribution in [2.75, 3.05) is 6.54 Å². The van der Waals surface area contributed by atoms with Crippen LogP contribution in [0, 0.1) is 23.2 Å². The van der Waals surface area contributed by atoms with E-state index in [1.807, 2.05) is 27.7 Å². The lowest BCUT2D eigenvalue weighted by Crippen LogP contribution is -2.61. The lowest BCUT2D eigenvalue weighted by atomic mass is 9.83. The molecular formula is C33H57N5O7. The summed E-state index contributed by atoms with van der Waals surface area (Å²) in [5.74, 6) is -2.69. The molecule has 12 nitrogen and oxygen atoms in total. The fourth-order valence-electron chi connectivity index (χ4n) is 5.62. The van der Waals surface area contributed by atoms with E-state index in [-0.39, 0.29) is 11.8 Å². The van der Waals surface area contributed by atoms with E-state index in [1.54, 1.807) is 20.8 Å². The first kappa shape index (κ1) is 38.0. The van der Waals surface area contributed by atoms with Crippen molar-refractivity contribution in [2.45, 2.75) is 143 Å². The summed E-state index contributed by atoms with van der Waals surface area (Å²) >= 11 is 0. The smallest absolute Gasteiger partial charge is 0.329 e. The van der Waals surface area contributed by atoms with E-state index < -0.39 is 70.7 Å². The van der Waals surface area contributed by atoms with Crippen molar-refractivity contribution in [1.82, 2.24) is 20.9 Å². The monoisotopic (exact) mass is 635 g/mol. The van der Waals surface area contributed by atoms with Gasteiger partial charge in [0, 0.05) is 6.54 Å². The number of rotatable bonds is 9. The molecule has 12 heteroatoms. The van der Waals surface area contributed by atoms with Crippen molar-refractivity contribution in [3.05, 3.63) is 0 Å². The highest BCUT2D eigenvalue weighted by Crippen LogP contribution is 2.31. The number of amides is 5. The second-order valence-corrected chi connectivity index (χ2v) is 15.3. The molecule has 3 fully saturated rings. The predicted octanol–water partition coefficient (Wildman–Crippen LogP) is 3.20. The summed E-state index contributed by atoms with van der Waals surface area (Å²) in [6.45, 7) is 16.5. The molecule has 0 bridgehead atoms. The molecule has 0 aromatic carbocycles. The van der Waals surface area contributed by atoms with Gasteiger partial charge in [0.25, 0.3) is 5.91 Å². The number of Topliss-reactive ketones (excluding diaryl/α,β-unsaturated/α-hetero) is 1. The fourth-order valence-corrected chi connectivity index (χ4v) is 5.62. The predicted molar refractivity (Wildman–Crippen MR) is 171 cm³/mol. The minimum absolute atomic E-state index is 0.00452. The highest BCUT2D eigenvalue weighted by molar-refractivity contribution is 6.37. The molecule has 45 heavy (non-hydrogen) atoms. The zero-order chi connectivity index (χ0) is 34.3. The average Bonchev–Trinajstić information content (AvgIpc) is 3.61. The molecule has 3 aliphatic rings. The van der Waals surface area contributed by atoms with Crippen LogP contribution in [-0.4, -0.2) is 76.7 Å². The number of carbonyl (C=O) groups is 6. The number of nitrogens with one attached hydrogen (secondary N) is 3. The number of primary amides is 1. The lowest BCUT2D eigenvalue weighted by molar-refractivity contribution is -0.160. The van der Waals surface area contributed by atoms with E-state index in [9.17, 15) is 28.8 Å². The van der Waals surface area contributed by atoms with Crippen LogP contribution in [0.15, 0.2) is 0 Å². The first-order chi connectivity index (χ1) is 20.7. The van der Waals surface area contributed by atoms with Crippen molar-refractivity contribution >= 4 is 35.5 Å². The molecule has 0 radical (unpaired) electrons. The highest BCUT2D eigenvalue weighted by Gasteiger charge is 2.44. The van der Waals surface area contributed by atoms with Crippen molar-refractivity contribution in [2.24, 2.45) is 28.9 Å². The van der Waals surface area contributed by atoms with Gasteiger partial charge in [-0.25, -0.2) is 9.59 Å². The Balaban J connectivity index is 0.00000162. The molecule has 1 aliphatic heterocycles. The fraction of sp³-hybridized carbons (Fsp3) is 0.818. The van der Waals surface area contributed by atoms with Gasteiger partial charge in [0.1, 0.15) is 23.7 Å². The standard InChI is InChI=1S/C29H49N5O7.C4H8/c1-16-14-19(24(37)31-17(2)21(35)23(30)36)34(15-16)25(38)20(18-12-10-9-11-13-18)32-27(40)33-22(28(3,4)5)26(39)41-29(6,7)8;1-4-2-3-4/h16-20,22H,9-15H2,1-8H3,(H2,30,36)(H,31,37)(H2,32,33,40);4H,2-3H2,1H3/t16-,17?,19?,20?,22?;/m1./s1. The molecule has 5 atom stereocenters. The van der Waals surface area contributed by atoms with Crippen LogP contribution in [0.5, 0.6) is 0 Å². The van der Waals surface area contributed by atoms with E-state index in [0.717, 1.165) is 38.0 Å². The normalized spacial score (nSPS) is 22.6. The van der Waals surface area contributed by atoms with E-state index in [1.165, 1.54) is 24.7 Å². The molecule has 2 aliphatic carbocycles. The molecule has 0 spiro atoms. The Labute approximate surface area is 268 Å². The summed E-state index contributed by atoms with van der Waals surface area (Å²) in [4.78, 5) is 78.2. The number of carbonyl (C=O) groups excluding carboxylic acids is 6. The largest absolute Gasteiger partial charge is 0.458 e. The van der Waals surface area contributed by atoms with Gasteiger partial charge in [-0.2, -0.15) is 0 Å². The van der Waals surface area contributed by atoms with Crippen molar-refractivity contribution < 1.29 is 33.5 Å². The summed E-state index contributed by atoms with van der Waals surface area (Å²) in [5.41, 5.74) is 3.64. The maximum Gasteiger partial charge on any atom is 0.329 e. The van der Waals surface area contributed by atoms with Gasteiger partial charge in [-0.3, -0.25) is 19.2 Å². The highest BCUT2D eigenvalue weighted by atomic mass is 16.6. The minimum Gasteiger partial charge on any atom is -0.458 e. The van der Waals surface area contributed by atoms with Gasteiger partial charge >= 0.3 is 12.0 Å². The number of urea groups is 1. The minimum atomic E-state index is -1.15. The van der Waals surface area contributed by atoms with Crippen LogP contribution in [0.2, 0.25) is 0 Å². The average molecular weight is 636 g/mol. The third-order valence-electron chi connectivity index (χ3n) is 8.41. The van der Waals surface area contributed by atoms with Gasteiger partial charge in [0.05, 0.1) is 6.04 Å². The summed E-state index contributed by atoms with van der Waals surface area (Å²) in [5, 5.41) is 8.07. The third-order valence-corrected chi connectivity index (χ3v) is 8.41. The zero-order valence-corrected chi connectivity index (χ0v) is 28.8. The van der Waals surface area contributed by atoms with Gasteiger partial charge in [-0.15, -0.1) is 0 Å². The van der Waals surface area contributed by atoms with Crippen molar-refractivity contribution in [1.29, 1.82) is 0 Å². The van der Waals surface area contributed by atoms with Gasteiger partial charge in [0.2, 0.25) is 17.6 Å². The van der Waals surface area contributed by atoms with Crippen LogP contribution in [0.3, 0.4) is 0 Å². The van der Waals surface area contributed by atoms with Crippen molar-refractivity contribution in [3.8, 4) is 0 Å². The Hall–Kier alpha value is -3.18. The number of nitrogens with zero attached hydrogens (tertiary/aromatic N) is 1. The third kappa shape index (κ3) is 12.3. The summed E-state index contributed by atoms with van der Waals surface area (Å²) in [6.07, 6.45) is 7.65. The number of likely N-dealkylation sites (tertiary alicyclic amines) is 1. The maximum absolute atomic E-state index is 14.0. The number of ketones is 1. The number of ether oxygens (including phenoxy) is 1. The summed E-state index contributed by atoms with van der Waals surface area (Å²) < 4.78 is 5.54. The Morgan fingerprint density at radius 3 is 1.84 bits per heavy atom. The van der Waals surface area contributed by atoms with Gasteiger partial charge in [0.15, 0.2) is 0 Å². The Morgan fingerprint density at radius 1 is 0.822 bits per heavy atom. The number of nitrogens with two attached hydrogens (primary N) is 1. The van der Waals surface area contributed by atoms with Crippen LogP contribution in [-0.2, 0) is 28.7 Å². The van der Waals surface area contributed by atoms with Gasteiger partial charge < -0.3 is 31.3 Å². The van der Waals surface area contributed by atoms with E-state index in [0.29, 0.717) is 13.0 Å². The number of hydrogen-bond donors (Lipinski definition) is 4. The Bertz CT molecular complexity index is 1090. The zero-order valence-electron chi connectivity index (χ0n) is 28.8. The molecule has 1 saturated heterocycles. The Kier molecular flexibility index (Phi) is 13.4. The van der Waals surface area contributed by atoms with Crippen LogP contribution >= 0.6 is 0 Å². The van der Waals surface area contributed by atoms with E-state index in [4.69, 9.17) is 10.5 Å². The van der Waals surface area contributed by atoms with Crippen LogP contribution in [0.1, 0.15) is 114 Å². The van der Waals surface area contributed by atoms with Crippen molar-refractivity contribution in [3.63, 3.8) is 0 Å². The first-order valence-corrected chi connectivity index (χ1v) is 16.5. The molecule has 0 aromatic rings. The maximum atomic E-state index is 14.0. The molecule has 4 unspecified atom stereocenters. The Morgan fingerprint density at radius 2 is 1.38 bits per heavy atom. The van der Waals surface area contributed by atoms with Crippen LogP contribution < -0.4 is 21.7 Å². The molecule has 3 rings (SSSR count). The van der Waals surface area contributed by atoms with Gasteiger partial charge in [-0.1, -0.05) is 66.7 Å². The SMILES string of the molecule is CC(NC(=O)C1C[C@@H](C)CN1C(=O)C(NC(=O)NC(C(=O)OC(C)(C)C)C(C)(C)C)C1CCCCC1)C(=O)C(N)=O.CC1CC1. The molecule has 256 valence electrons. The van der Waals surface area contributed by atoms with Crippen LogP contribution in [0.25, 0.3) is 0 Å². The van der Waals surface area contributed by atoms with E-state index >= 15 is 0 Å². The second kappa shape index (κ2) is 15.9. The molecule has 5 N–H and O–H groups in total. The summed E-state index contributed by atoms with van der Waals surface area (Å²) in [6, 6.07) is -4.57. The quantitative estimate of drug-likeness (QED) is 0.222. The van der Waals surface area contributed by atoms with Crippen LogP contribution in [0.4, 0.5) is 4.79 Å². The summed E-state index contributed by atoms with van der Waals surface area (Å²) in [7, 11) is 0. The van der Waals surface area contributed by atoms with Gasteiger partial charge in [-0.05, 0) is 70.1 Å². The second-order valence-electron chi connectivity index (χ2n) is 15.3. The van der Waals surface area contributed by atoms with E-state index in [2.05, 4.69) is 22.9 Å². The number of hydrogen-bond acceptors (Lipinski definition) is 7.